The lowest BCUT2D eigenvalue weighted by atomic mass is 9.84. The van der Waals surface area contributed by atoms with Gasteiger partial charge < -0.3 is 9.47 Å². The van der Waals surface area contributed by atoms with E-state index in [0.29, 0.717) is 0 Å². The molecule has 0 amide bonds. The molecule has 0 atom stereocenters. The van der Waals surface area contributed by atoms with Crippen molar-refractivity contribution in [1.82, 2.24) is 4.57 Å². The molecule has 0 spiro atoms. The van der Waals surface area contributed by atoms with Gasteiger partial charge in [0.2, 0.25) is 0 Å². The summed E-state index contributed by atoms with van der Waals surface area (Å²) >= 11 is 0. The third-order valence-corrected chi connectivity index (χ3v) is 14.2. The van der Waals surface area contributed by atoms with Crippen LogP contribution in [-0.2, 0) is 0 Å². The van der Waals surface area contributed by atoms with Crippen LogP contribution in [0.1, 0.15) is 0 Å². The predicted octanol–water partition coefficient (Wildman–Crippen LogP) is 19.4. The number of hydrogen-bond acceptors (Lipinski definition) is 1. The van der Waals surface area contributed by atoms with E-state index in [2.05, 4.69) is 301 Å². The van der Waals surface area contributed by atoms with E-state index >= 15 is 0 Å². The van der Waals surface area contributed by atoms with Gasteiger partial charge in [-0.3, -0.25) is 0 Å². The molecular weight excluding hydrogens is 869 g/mol. The zero-order chi connectivity index (χ0) is 47.8. The summed E-state index contributed by atoms with van der Waals surface area (Å²) in [6.07, 6.45) is 0. The number of aromatic nitrogens is 1. The Labute approximate surface area is 420 Å². The molecular formula is C70H48N2. The summed E-state index contributed by atoms with van der Waals surface area (Å²) in [6, 6.07) is 106. The van der Waals surface area contributed by atoms with E-state index in [1.165, 1.54) is 88.2 Å². The van der Waals surface area contributed by atoms with Crippen molar-refractivity contribution in [2.24, 2.45) is 0 Å². The predicted molar refractivity (Wildman–Crippen MR) is 306 cm³/mol. The molecule has 338 valence electrons. The van der Waals surface area contributed by atoms with Crippen molar-refractivity contribution in [2.45, 2.75) is 0 Å². The Morgan fingerprint density at radius 2 is 0.681 bits per heavy atom. The number of nitrogens with zero attached hydrogens (tertiary/aromatic N) is 2. The number of rotatable bonds is 10. The van der Waals surface area contributed by atoms with Gasteiger partial charge >= 0.3 is 0 Å². The minimum absolute atomic E-state index is 1.07. The fourth-order valence-electron chi connectivity index (χ4n) is 10.8. The molecule has 1 aromatic heterocycles. The van der Waals surface area contributed by atoms with E-state index in [1.54, 1.807) is 0 Å². The van der Waals surface area contributed by atoms with Crippen molar-refractivity contribution in [3.63, 3.8) is 0 Å². The van der Waals surface area contributed by atoms with Gasteiger partial charge in [-0.1, -0.05) is 224 Å². The maximum atomic E-state index is 2.39. The molecule has 0 aliphatic carbocycles. The van der Waals surface area contributed by atoms with Crippen LogP contribution in [0.2, 0.25) is 0 Å². The fraction of sp³-hybridized carbons (Fsp3) is 0. The zero-order valence-electron chi connectivity index (χ0n) is 39.6. The molecule has 13 aromatic rings. The lowest BCUT2D eigenvalue weighted by Crippen LogP contribution is -2.10. The van der Waals surface area contributed by atoms with Crippen LogP contribution in [0.4, 0.5) is 17.1 Å². The topological polar surface area (TPSA) is 8.17 Å². The van der Waals surface area contributed by atoms with E-state index in [-0.39, 0.29) is 0 Å². The highest BCUT2D eigenvalue weighted by Crippen LogP contribution is 2.46. The van der Waals surface area contributed by atoms with Crippen molar-refractivity contribution in [3.8, 4) is 72.4 Å². The minimum Gasteiger partial charge on any atom is -0.310 e. The highest BCUT2D eigenvalue weighted by molar-refractivity contribution is 6.10. The van der Waals surface area contributed by atoms with Crippen molar-refractivity contribution in [2.75, 3.05) is 4.90 Å². The van der Waals surface area contributed by atoms with Gasteiger partial charge in [0.15, 0.2) is 0 Å². The van der Waals surface area contributed by atoms with Gasteiger partial charge in [0.25, 0.3) is 0 Å². The first-order valence-electron chi connectivity index (χ1n) is 24.7. The van der Waals surface area contributed by atoms with Gasteiger partial charge in [-0.25, -0.2) is 0 Å². The maximum absolute atomic E-state index is 2.39. The standard InChI is InChI=1S/C70H48N2/c1-4-19-49(20-5-1)62-30-12-13-32-66(62)70-63(51-21-6-2-7-22-51)34-18-35-64(70)53-39-44-58(45-40-53)71(57-42-37-52(38-43-57)61-33-17-24-50-23-10-11-29-60(50)61)59-28-16-25-54(47-59)55-41-46-69-67(48-55)65-31-14-15-36-68(65)72(69)56-26-8-3-9-27-56/h1-48H. The fourth-order valence-corrected chi connectivity index (χ4v) is 10.8. The lowest BCUT2D eigenvalue weighted by molar-refractivity contribution is 1.18. The van der Waals surface area contributed by atoms with Crippen LogP contribution in [0.5, 0.6) is 0 Å². The summed E-state index contributed by atoms with van der Waals surface area (Å²) in [5, 5.41) is 4.96. The van der Waals surface area contributed by atoms with Crippen LogP contribution in [0, 0.1) is 0 Å². The zero-order valence-corrected chi connectivity index (χ0v) is 39.6. The monoisotopic (exact) mass is 916 g/mol. The second-order valence-electron chi connectivity index (χ2n) is 18.4. The Bertz CT molecular complexity index is 4050. The van der Waals surface area contributed by atoms with Crippen LogP contribution in [-0.4, -0.2) is 4.57 Å². The summed E-state index contributed by atoms with van der Waals surface area (Å²) < 4.78 is 2.38. The second kappa shape index (κ2) is 18.4. The van der Waals surface area contributed by atoms with Gasteiger partial charge in [-0.05, 0) is 144 Å². The summed E-state index contributed by atoms with van der Waals surface area (Å²) in [7, 11) is 0. The molecule has 0 saturated carbocycles. The average molecular weight is 917 g/mol. The summed E-state index contributed by atoms with van der Waals surface area (Å²) in [4.78, 5) is 2.39. The van der Waals surface area contributed by atoms with E-state index in [0.717, 1.165) is 33.9 Å². The average Bonchev–Trinajstić information content (AvgIpc) is 3.80. The number of fused-ring (bicyclic) bond motifs is 4. The minimum atomic E-state index is 1.07. The smallest absolute Gasteiger partial charge is 0.0541 e. The molecule has 1 heterocycles. The number of hydrogen-bond donors (Lipinski definition) is 0. The third kappa shape index (κ3) is 7.73. The maximum Gasteiger partial charge on any atom is 0.0541 e. The van der Waals surface area contributed by atoms with Crippen LogP contribution in [0.15, 0.2) is 291 Å². The SMILES string of the molecule is c1ccc(-c2ccccc2-c2c(-c3ccccc3)cccc2-c2ccc(N(c3ccc(-c4cccc5ccccc45)cc3)c3cccc(-c4ccc5c(c4)c4ccccc4n5-c4ccccc4)c3)cc2)cc1. The first-order chi connectivity index (χ1) is 35.7. The van der Waals surface area contributed by atoms with Crippen LogP contribution in [0.3, 0.4) is 0 Å². The number of benzene rings is 12. The van der Waals surface area contributed by atoms with Gasteiger partial charge in [0.05, 0.1) is 11.0 Å². The summed E-state index contributed by atoms with van der Waals surface area (Å²) in [5.41, 5.74) is 21.0. The molecule has 2 nitrogen and oxygen atoms in total. The molecule has 12 aromatic carbocycles. The molecule has 0 radical (unpaired) electrons. The lowest BCUT2D eigenvalue weighted by Gasteiger charge is -2.27. The molecule has 2 heteroatoms. The Balaban J connectivity index is 0.945. The van der Waals surface area contributed by atoms with E-state index in [4.69, 9.17) is 0 Å². The third-order valence-electron chi connectivity index (χ3n) is 14.2. The summed E-state index contributed by atoms with van der Waals surface area (Å²) in [5.74, 6) is 0. The van der Waals surface area contributed by atoms with Crippen molar-refractivity contribution >= 4 is 49.6 Å². The Morgan fingerprint density at radius 3 is 1.39 bits per heavy atom. The molecule has 0 N–H and O–H groups in total. The van der Waals surface area contributed by atoms with E-state index in [1.807, 2.05) is 0 Å². The molecule has 0 bridgehead atoms. The normalized spacial score (nSPS) is 11.3. The summed E-state index contributed by atoms with van der Waals surface area (Å²) in [6.45, 7) is 0. The van der Waals surface area contributed by atoms with Crippen molar-refractivity contribution in [1.29, 1.82) is 0 Å². The molecule has 0 unspecified atom stereocenters. The Morgan fingerprint density at radius 1 is 0.236 bits per heavy atom. The van der Waals surface area contributed by atoms with E-state index < -0.39 is 0 Å². The van der Waals surface area contributed by atoms with Gasteiger partial charge in [-0.2, -0.15) is 0 Å². The first kappa shape index (κ1) is 42.6. The molecule has 0 saturated heterocycles. The van der Waals surface area contributed by atoms with Gasteiger partial charge in [0.1, 0.15) is 0 Å². The molecule has 72 heavy (non-hydrogen) atoms. The largest absolute Gasteiger partial charge is 0.310 e. The Kier molecular flexibility index (Phi) is 10.9. The highest BCUT2D eigenvalue weighted by atomic mass is 15.1. The van der Waals surface area contributed by atoms with E-state index in [9.17, 15) is 0 Å². The molecule has 13 rings (SSSR count). The van der Waals surface area contributed by atoms with Crippen LogP contribution in [0.25, 0.3) is 105 Å². The van der Waals surface area contributed by atoms with Crippen LogP contribution < -0.4 is 4.90 Å². The van der Waals surface area contributed by atoms with Gasteiger partial charge in [-0.15, -0.1) is 0 Å². The Hall–Kier alpha value is -9.50. The second-order valence-corrected chi connectivity index (χ2v) is 18.4. The van der Waals surface area contributed by atoms with Crippen molar-refractivity contribution in [3.05, 3.63) is 291 Å². The van der Waals surface area contributed by atoms with Crippen LogP contribution >= 0.6 is 0 Å². The quantitative estimate of drug-likeness (QED) is 0.133. The van der Waals surface area contributed by atoms with Crippen molar-refractivity contribution < 1.29 is 0 Å². The molecule has 0 aliphatic heterocycles. The van der Waals surface area contributed by atoms with Gasteiger partial charge in [0, 0.05) is 33.5 Å². The molecule has 0 aliphatic rings. The highest BCUT2D eigenvalue weighted by Gasteiger charge is 2.20. The number of anilines is 3. The first-order valence-corrected chi connectivity index (χ1v) is 24.7. The number of para-hydroxylation sites is 2. The molecule has 0 fully saturated rings.